The summed E-state index contributed by atoms with van der Waals surface area (Å²) in [4.78, 5) is 26.4. The van der Waals surface area contributed by atoms with Crippen LogP contribution in [-0.2, 0) is 9.59 Å². The van der Waals surface area contributed by atoms with E-state index in [1.807, 2.05) is 0 Å². The van der Waals surface area contributed by atoms with E-state index in [0.717, 1.165) is 25.3 Å². The number of fused-ring (bicyclic) bond motifs is 1. The maximum Gasteiger partial charge on any atom is 0.270 e. The minimum atomic E-state index is -0.00522. The van der Waals surface area contributed by atoms with Gasteiger partial charge in [0.1, 0.15) is 5.71 Å². The molecule has 0 aromatic heterocycles. The maximum absolute atomic E-state index is 12.8. The molecule has 1 saturated heterocycles. The molecular weight excluding hydrogens is 266 g/mol. The number of hydrogen-bond acceptors (Lipinski definition) is 3. The van der Waals surface area contributed by atoms with Gasteiger partial charge in [0.15, 0.2) is 0 Å². The number of carbonyl (C=O) groups excluding carboxylic acids is 2. The Morgan fingerprint density at radius 1 is 1.19 bits per heavy atom. The summed E-state index contributed by atoms with van der Waals surface area (Å²) in [7, 11) is 1.64. The molecule has 1 saturated carbocycles. The second kappa shape index (κ2) is 5.78. The summed E-state index contributed by atoms with van der Waals surface area (Å²) in [5, 5.41) is 5.53. The summed E-state index contributed by atoms with van der Waals surface area (Å²) in [5.74, 6) is 1.43. The minimum absolute atomic E-state index is 0.00522. The van der Waals surface area contributed by atoms with Crippen molar-refractivity contribution < 1.29 is 9.59 Å². The molecule has 0 bridgehead atoms. The van der Waals surface area contributed by atoms with Crippen LogP contribution in [0.25, 0.3) is 0 Å². The molecule has 3 atom stereocenters. The molecule has 0 radical (unpaired) electrons. The first-order valence-corrected chi connectivity index (χ1v) is 8.23. The van der Waals surface area contributed by atoms with Gasteiger partial charge in [-0.15, -0.1) is 0 Å². The van der Waals surface area contributed by atoms with Crippen molar-refractivity contribution in [3.8, 4) is 0 Å². The Bertz CT molecular complexity index is 474. The monoisotopic (exact) mass is 291 g/mol. The highest BCUT2D eigenvalue weighted by molar-refractivity contribution is 6.39. The van der Waals surface area contributed by atoms with Crippen LogP contribution in [0.3, 0.4) is 0 Å². The quantitative estimate of drug-likeness (QED) is 0.742. The number of hydrazone groups is 1. The molecule has 0 spiro atoms. The first kappa shape index (κ1) is 14.5. The van der Waals surface area contributed by atoms with E-state index in [1.54, 1.807) is 7.05 Å². The number of carbonyl (C=O) groups is 2. The van der Waals surface area contributed by atoms with Crippen molar-refractivity contribution in [1.82, 2.24) is 9.91 Å². The van der Waals surface area contributed by atoms with Gasteiger partial charge in [-0.1, -0.05) is 19.8 Å². The van der Waals surface area contributed by atoms with Gasteiger partial charge >= 0.3 is 0 Å². The third-order valence-corrected chi connectivity index (χ3v) is 5.45. The molecular formula is C16H25N3O2. The molecule has 21 heavy (non-hydrogen) atoms. The van der Waals surface area contributed by atoms with E-state index < -0.39 is 0 Å². The molecule has 2 heterocycles. The Morgan fingerprint density at radius 3 is 2.71 bits per heavy atom. The Balaban J connectivity index is 1.77. The Hall–Kier alpha value is -1.39. The summed E-state index contributed by atoms with van der Waals surface area (Å²) in [6.45, 7) is 3.17. The van der Waals surface area contributed by atoms with E-state index in [1.165, 1.54) is 24.3 Å². The van der Waals surface area contributed by atoms with E-state index in [0.29, 0.717) is 30.5 Å². The first-order valence-electron chi connectivity index (χ1n) is 8.23. The lowest BCUT2D eigenvalue weighted by Gasteiger charge is -2.47. The number of likely N-dealkylation sites (tertiary alicyclic amines) is 1. The smallest absolute Gasteiger partial charge is 0.270 e. The van der Waals surface area contributed by atoms with Crippen LogP contribution in [0, 0.1) is 11.8 Å². The molecule has 2 amide bonds. The van der Waals surface area contributed by atoms with Crippen molar-refractivity contribution >= 4 is 17.5 Å². The SMILES string of the molecule is CC1CCN(C(=O)C2=NN(C)C(=O)CC2)C2CCCCC12. The largest absolute Gasteiger partial charge is 0.334 e. The normalized spacial score (nSPS) is 33.5. The number of nitrogens with zero attached hydrogens (tertiary/aromatic N) is 3. The molecule has 5 heteroatoms. The summed E-state index contributed by atoms with van der Waals surface area (Å²) < 4.78 is 0. The van der Waals surface area contributed by atoms with Gasteiger partial charge in [-0.2, -0.15) is 5.10 Å². The molecule has 0 N–H and O–H groups in total. The Labute approximate surface area is 126 Å². The van der Waals surface area contributed by atoms with Crippen LogP contribution < -0.4 is 0 Å². The van der Waals surface area contributed by atoms with Gasteiger partial charge in [0.25, 0.3) is 5.91 Å². The van der Waals surface area contributed by atoms with Crippen LogP contribution in [0.15, 0.2) is 5.10 Å². The molecule has 1 aliphatic carbocycles. The Kier molecular flexibility index (Phi) is 4.00. The molecule has 3 unspecified atom stereocenters. The highest BCUT2D eigenvalue weighted by Crippen LogP contribution is 2.39. The number of hydrogen-bond donors (Lipinski definition) is 0. The van der Waals surface area contributed by atoms with Gasteiger partial charge in [-0.3, -0.25) is 9.59 Å². The number of amides is 2. The van der Waals surface area contributed by atoms with Crippen molar-refractivity contribution in [1.29, 1.82) is 0 Å². The fourth-order valence-electron chi connectivity index (χ4n) is 4.15. The zero-order valence-electron chi connectivity index (χ0n) is 13.0. The van der Waals surface area contributed by atoms with Gasteiger partial charge in [-0.25, -0.2) is 5.01 Å². The molecule has 2 aliphatic heterocycles. The average Bonchev–Trinajstić information content (AvgIpc) is 2.50. The van der Waals surface area contributed by atoms with Crippen molar-refractivity contribution in [3.63, 3.8) is 0 Å². The molecule has 0 aromatic rings. The van der Waals surface area contributed by atoms with Gasteiger partial charge in [0.2, 0.25) is 5.91 Å². The minimum Gasteiger partial charge on any atom is -0.334 e. The van der Waals surface area contributed by atoms with Crippen LogP contribution in [0.2, 0.25) is 0 Å². The molecule has 116 valence electrons. The lowest BCUT2D eigenvalue weighted by Crippen LogP contribution is -2.54. The fourth-order valence-corrected chi connectivity index (χ4v) is 4.15. The summed E-state index contributed by atoms with van der Waals surface area (Å²) in [6, 6.07) is 0.389. The predicted octanol–water partition coefficient (Wildman–Crippen LogP) is 2.02. The van der Waals surface area contributed by atoms with E-state index in [-0.39, 0.29) is 11.8 Å². The molecule has 3 aliphatic rings. The van der Waals surface area contributed by atoms with Crippen LogP contribution in [0.4, 0.5) is 0 Å². The topological polar surface area (TPSA) is 53.0 Å². The number of rotatable bonds is 1. The second-order valence-electron chi connectivity index (χ2n) is 6.74. The summed E-state index contributed by atoms with van der Waals surface area (Å²) in [6.07, 6.45) is 6.89. The average molecular weight is 291 g/mol. The molecule has 5 nitrogen and oxygen atoms in total. The van der Waals surface area contributed by atoms with Gasteiger partial charge in [0.05, 0.1) is 0 Å². The van der Waals surface area contributed by atoms with E-state index in [9.17, 15) is 9.59 Å². The lowest BCUT2D eigenvalue weighted by molar-refractivity contribution is -0.133. The van der Waals surface area contributed by atoms with Crippen molar-refractivity contribution in [2.45, 2.75) is 57.9 Å². The van der Waals surface area contributed by atoms with E-state index >= 15 is 0 Å². The van der Waals surface area contributed by atoms with Crippen LogP contribution in [0.1, 0.15) is 51.9 Å². The van der Waals surface area contributed by atoms with Gasteiger partial charge in [0, 0.05) is 32.5 Å². The second-order valence-corrected chi connectivity index (χ2v) is 6.74. The predicted molar refractivity (Wildman–Crippen MR) is 80.7 cm³/mol. The fraction of sp³-hybridized carbons (Fsp3) is 0.812. The lowest BCUT2D eigenvalue weighted by atomic mass is 9.72. The van der Waals surface area contributed by atoms with Crippen molar-refractivity contribution in [3.05, 3.63) is 0 Å². The van der Waals surface area contributed by atoms with E-state index in [2.05, 4.69) is 16.9 Å². The number of piperidine rings is 1. The highest BCUT2D eigenvalue weighted by Gasteiger charge is 2.40. The van der Waals surface area contributed by atoms with Crippen LogP contribution in [-0.4, -0.2) is 47.1 Å². The maximum atomic E-state index is 12.8. The van der Waals surface area contributed by atoms with Gasteiger partial charge < -0.3 is 4.90 Å². The zero-order valence-corrected chi connectivity index (χ0v) is 13.0. The van der Waals surface area contributed by atoms with Crippen molar-refractivity contribution in [2.24, 2.45) is 16.9 Å². The van der Waals surface area contributed by atoms with Crippen LogP contribution in [0.5, 0.6) is 0 Å². The molecule has 2 fully saturated rings. The zero-order chi connectivity index (χ0) is 15.0. The summed E-state index contributed by atoms with van der Waals surface area (Å²) >= 11 is 0. The third kappa shape index (κ3) is 2.70. The molecule has 0 aromatic carbocycles. The summed E-state index contributed by atoms with van der Waals surface area (Å²) in [5.41, 5.74) is 0.566. The standard InChI is InChI=1S/C16H25N3O2/c1-11-9-10-19(14-6-4-3-5-12(11)14)16(21)13-7-8-15(20)18(2)17-13/h11-12,14H,3-10H2,1-2H3. The Morgan fingerprint density at radius 2 is 1.95 bits per heavy atom. The van der Waals surface area contributed by atoms with Gasteiger partial charge in [-0.05, 0) is 31.1 Å². The molecule has 3 rings (SSSR count). The third-order valence-electron chi connectivity index (χ3n) is 5.45. The highest BCUT2D eigenvalue weighted by atomic mass is 16.2. The van der Waals surface area contributed by atoms with E-state index in [4.69, 9.17) is 0 Å². The van der Waals surface area contributed by atoms with Crippen LogP contribution >= 0.6 is 0 Å². The van der Waals surface area contributed by atoms with Crippen molar-refractivity contribution in [2.75, 3.05) is 13.6 Å². The first-order chi connectivity index (χ1) is 10.1.